The highest BCUT2D eigenvalue weighted by Crippen LogP contribution is 2.31. The molecule has 0 saturated heterocycles. The van der Waals surface area contributed by atoms with Crippen molar-refractivity contribution in [2.24, 2.45) is 0 Å². The van der Waals surface area contributed by atoms with Crippen LogP contribution in [-0.2, 0) is 0 Å². The highest BCUT2D eigenvalue weighted by molar-refractivity contribution is 9.10. The normalized spacial score (nSPS) is 10.8. The van der Waals surface area contributed by atoms with Gasteiger partial charge in [0.1, 0.15) is 15.7 Å². The van der Waals surface area contributed by atoms with Crippen LogP contribution in [0.4, 0.5) is 0 Å². The third-order valence-electron chi connectivity index (χ3n) is 2.85. The van der Waals surface area contributed by atoms with Gasteiger partial charge in [0.05, 0.1) is 27.1 Å². The fourth-order valence-corrected chi connectivity index (χ4v) is 3.15. The lowest BCUT2D eigenvalue weighted by atomic mass is 10.2. The van der Waals surface area contributed by atoms with Gasteiger partial charge in [-0.2, -0.15) is 15.1 Å². The van der Waals surface area contributed by atoms with Gasteiger partial charge in [0.25, 0.3) is 0 Å². The molecule has 2 heterocycles. The smallest absolute Gasteiger partial charge is 0.196 e. The van der Waals surface area contributed by atoms with Crippen molar-refractivity contribution in [2.45, 2.75) is 0 Å². The van der Waals surface area contributed by atoms with Crippen LogP contribution in [0.3, 0.4) is 0 Å². The molecule has 21 heavy (non-hydrogen) atoms. The third kappa shape index (κ3) is 2.44. The van der Waals surface area contributed by atoms with Gasteiger partial charge in [-0.15, -0.1) is 0 Å². The molecular weight excluding hydrogens is 379 g/mol. The summed E-state index contributed by atoms with van der Waals surface area (Å²) in [5.74, 6) is 0. The molecule has 5 nitrogen and oxygen atoms in total. The molecule has 0 aliphatic heterocycles. The minimum absolute atomic E-state index is 0.304. The fourth-order valence-electron chi connectivity index (χ4n) is 1.98. The van der Waals surface area contributed by atoms with Gasteiger partial charge in [0.15, 0.2) is 12.4 Å². The van der Waals surface area contributed by atoms with E-state index >= 15 is 0 Å². The summed E-state index contributed by atoms with van der Waals surface area (Å²) in [5, 5.41) is 25.9. The number of nitriles is 1. The first-order valence-electron chi connectivity index (χ1n) is 5.67. The Morgan fingerprint density at radius 1 is 1.29 bits per heavy atom. The summed E-state index contributed by atoms with van der Waals surface area (Å²) in [6, 6.07) is 5.00. The minimum atomic E-state index is 0.304. The Labute approximate surface area is 137 Å². The van der Waals surface area contributed by atoms with Crippen LogP contribution in [0.25, 0.3) is 16.6 Å². The van der Waals surface area contributed by atoms with Gasteiger partial charge in [0, 0.05) is 6.20 Å². The number of hydrogen-bond acceptors (Lipinski definition) is 3. The molecular formula is C13H5BrCl2N4O. The zero-order chi connectivity index (χ0) is 15.1. The highest BCUT2D eigenvalue weighted by Gasteiger charge is 2.15. The maximum atomic E-state index is 11.4. The SMILES string of the molecule is N#Cc1cc(Cl)c(-n2cc3c[n+]([O-])cc(Br)c3n2)c(Cl)c1. The van der Waals surface area contributed by atoms with E-state index in [0.29, 0.717) is 41.4 Å². The Hall–Kier alpha value is -1.81. The maximum absolute atomic E-state index is 11.4. The molecule has 3 aromatic rings. The van der Waals surface area contributed by atoms with E-state index in [1.807, 2.05) is 6.07 Å². The second-order valence-corrected chi connectivity index (χ2v) is 5.91. The van der Waals surface area contributed by atoms with Gasteiger partial charge in [-0.25, -0.2) is 4.68 Å². The van der Waals surface area contributed by atoms with E-state index in [2.05, 4.69) is 21.0 Å². The Bertz CT molecular complexity index is 893. The Morgan fingerprint density at radius 2 is 1.95 bits per heavy atom. The first kappa shape index (κ1) is 14.1. The fraction of sp³-hybridized carbons (Fsp3) is 0. The molecule has 0 unspecified atom stereocenters. The molecule has 0 spiro atoms. The molecule has 3 rings (SSSR count). The van der Waals surface area contributed by atoms with E-state index in [9.17, 15) is 5.21 Å². The van der Waals surface area contributed by atoms with E-state index < -0.39 is 0 Å². The average molecular weight is 384 g/mol. The van der Waals surface area contributed by atoms with Crippen molar-refractivity contribution in [3.05, 3.63) is 56.0 Å². The quantitative estimate of drug-likeness (QED) is 0.476. The van der Waals surface area contributed by atoms with Gasteiger partial charge < -0.3 is 5.21 Å². The molecule has 0 fully saturated rings. The summed E-state index contributed by atoms with van der Waals surface area (Å²) in [6.45, 7) is 0. The lowest BCUT2D eigenvalue weighted by Crippen LogP contribution is -2.24. The largest absolute Gasteiger partial charge is 0.619 e. The van der Waals surface area contributed by atoms with Crippen molar-refractivity contribution in [1.29, 1.82) is 5.26 Å². The minimum Gasteiger partial charge on any atom is -0.619 e. The maximum Gasteiger partial charge on any atom is 0.196 e. The predicted octanol–water partition coefficient (Wildman–Crippen LogP) is 3.60. The number of aromatic nitrogens is 3. The van der Waals surface area contributed by atoms with Crippen LogP contribution >= 0.6 is 39.1 Å². The van der Waals surface area contributed by atoms with Crippen LogP contribution in [0.1, 0.15) is 5.56 Å². The second-order valence-electron chi connectivity index (χ2n) is 4.24. The molecule has 8 heteroatoms. The van der Waals surface area contributed by atoms with Gasteiger partial charge in [-0.1, -0.05) is 23.2 Å². The average Bonchev–Trinajstić information content (AvgIpc) is 2.81. The monoisotopic (exact) mass is 382 g/mol. The molecule has 104 valence electrons. The molecule has 2 aromatic heterocycles. The van der Waals surface area contributed by atoms with E-state index in [-0.39, 0.29) is 0 Å². The van der Waals surface area contributed by atoms with Crippen molar-refractivity contribution < 1.29 is 4.73 Å². The topological polar surface area (TPSA) is 68.5 Å². The summed E-state index contributed by atoms with van der Waals surface area (Å²) in [7, 11) is 0. The molecule has 0 bridgehead atoms. The Balaban J connectivity index is 2.27. The standard InChI is InChI=1S/C13H5BrCl2N4O/c14-9-6-19(21)4-8-5-20(18-12(8)9)13-10(15)1-7(3-17)2-11(13)16/h1-2,4-6H. The molecule has 0 aliphatic rings. The van der Waals surface area contributed by atoms with Gasteiger partial charge in [0.2, 0.25) is 0 Å². The van der Waals surface area contributed by atoms with Crippen molar-refractivity contribution in [3.63, 3.8) is 0 Å². The van der Waals surface area contributed by atoms with Gasteiger partial charge in [-0.3, -0.25) is 0 Å². The molecule has 0 atom stereocenters. The Morgan fingerprint density at radius 3 is 2.57 bits per heavy atom. The number of nitrogens with zero attached hydrogens (tertiary/aromatic N) is 4. The molecule has 0 saturated carbocycles. The number of benzene rings is 1. The van der Waals surface area contributed by atoms with Crippen LogP contribution in [0.2, 0.25) is 10.0 Å². The van der Waals surface area contributed by atoms with E-state index in [0.717, 1.165) is 0 Å². The van der Waals surface area contributed by atoms with E-state index in [1.54, 1.807) is 6.20 Å². The summed E-state index contributed by atoms with van der Waals surface area (Å²) >= 11 is 15.6. The van der Waals surface area contributed by atoms with Crippen LogP contribution in [0, 0.1) is 16.5 Å². The van der Waals surface area contributed by atoms with Crippen LogP contribution in [0.15, 0.2) is 35.2 Å². The van der Waals surface area contributed by atoms with Crippen LogP contribution < -0.4 is 4.73 Å². The highest BCUT2D eigenvalue weighted by atomic mass is 79.9. The number of halogens is 3. The lowest BCUT2D eigenvalue weighted by Gasteiger charge is -2.07. The van der Waals surface area contributed by atoms with Gasteiger partial charge >= 0.3 is 0 Å². The predicted molar refractivity (Wildman–Crippen MR) is 82.5 cm³/mol. The summed E-state index contributed by atoms with van der Waals surface area (Å²) < 4.78 is 2.73. The van der Waals surface area contributed by atoms with Gasteiger partial charge in [-0.05, 0) is 28.1 Å². The number of fused-ring (bicyclic) bond motifs is 1. The van der Waals surface area contributed by atoms with Crippen molar-refractivity contribution in [2.75, 3.05) is 0 Å². The first-order chi connectivity index (χ1) is 9.99. The second kappa shape index (κ2) is 5.19. The zero-order valence-electron chi connectivity index (χ0n) is 10.2. The summed E-state index contributed by atoms with van der Waals surface area (Å²) in [5.41, 5.74) is 1.43. The number of pyridine rings is 1. The summed E-state index contributed by atoms with van der Waals surface area (Å²) in [4.78, 5) is 0. The van der Waals surface area contributed by atoms with Crippen LogP contribution in [0.5, 0.6) is 0 Å². The molecule has 0 N–H and O–H groups in total. The first-order valence-corrected chi connectivity index (χ1v) is 7.21. The van der Waals surface area contributed by atoms with E-state index in [4.69, 9.17) is 28.5 Å². The zero-order valence-corrected chi connectivity index (χ0v) is 13.3. The molecule has 1 aromatic carbocycles. The lowest BCUT2D eigenvalue weighted by molar-refractivity contribution is -0.604. The van der Waals surface area contributed by atoms with Crippen molar-refractivity contribution in [3.8, 4) is 11.8 Å². The summed E-state index contributed by atoms with van der Waals surface area (Å²) in [6.07, 6.45) is 4.41. The number of hydrogen-bond donors (Lipinski definition) is 0. The molecule has 0 aliphatic carbocycles. The van der Waals surface area contributed by atoms with Crippen molar-refractivity contribution in [1.82, 2.24) is 9.78 Å². The molecule has 0 radical (unpaired) electrons. The number of rotatable bonds is 1. The van der Waals surface area contributed by atoms with Crippen LogP contribution in [-0.4, -0.2) is 9.78 Å². The third-order valence-corrected chi connectivity index (χ3v) is 4.01. The Kier molecular flexibility index (Phi) is 3.49. The van der Waals surface area contributed by atoms with E-state index in [1.165, 1.54) is 29.2 Å². The van der Waals surface area contributed by atoms with Crippen molar-refractivity contribution >= 4 is 50.0 Å². The molecule has 0 amide bonds.